The van der Waals surface area contributed by atoms with Crippen LogP contribution in [0.1, 0.15) is 53.1 Å². The Kier molecular flexibility index (Phi) is 4.76. The molecule has 0 N–H and O–H groups in total. The van der Waals surface area contributed by atoms with E-state index in [0.717, 1.165) is 0 Å². The van der Waals surface area contributed by atoms with E-state index in [4.69, 9.17) is 0 Å². The van der Waals surface area contributed by atoms with Gasteiger partial charge in [-0.3, -0.25) is 9.59 Å². The molecule has 3 rings (SSSR count). The summed E-state index contributed by atoms with van der Waals surface area (Å²) in [5.74, 6) is -0.128. The third-order valence-corrected chi connectivity index (χ3v) is 2.83. The molecule has 0 spiro atoms. The van der Waals surface area contributed by atoms with E-state index in [-0.39, 0.29) is 19.0 Å². The van der Waals surface area contributed by atoms with Gasteiger partial charge >= 0.3 is 0 Å². The van der Waals surface area contributed by atoms with E-state index in [1.54, 1.807) is 48.5 Å². The number of ketones is 2. The van der Waals surface area contributed by atoms with Gasteiger partial charge in [-0.1, -0.05) is 69.8 Å². The first kappa shape index (κ1) is 14.8. The predicted molar refractivity (Wildman–Crippen MR) is 77.8 cm³/mol. The summed E-state index contributed by atoms with van der Waals surface area (Å²) < 4.78 is 0. The third kappa shape index (κ3) is 2.34. The molecule has 0 radical (unpaired) electrons. The van der Waals surface area contributed by atoms with Crippen molar-refractivity contribution in [3.63, 3.8) is 0 Å². The van der Waals surface area contributed by atoms with Crippen molar-refractivity contribution in [3.05, 3.63) is 70.8 Å². The molecule has 2 nitrogen and oxygen atoms in total. The number of hydrogen-bond acceptors (Lipinski definition) is 2. The lowest BCUT2D eigenvalue weighted by Gasteiger charge is -2.16. The molecule has 0 saturated carbocycles. The maximum absolute atomic E-state index is 12.1. The molecule has 0 unspecified atom stereocenters. The van der Waals surface area contributed by atoms with Crippen LogP contribution in [-0.4, -0.2) is 11.6 Å². The molecule has 0 fully saturated rings. The molecule has 1 aliphatic rings. The molecule has 2 aromatic rings. The van der Waals surface area contributed by atoms with Crippen molar-refractivity contribution in [2.24, 2.45) is 0 Å². The van der Waals surface area contributed by atoms with Gasteiger partial charge < -0.3 is 0 Å². The zero-order valence-corrected chi connectivity index (χ0v) is 10.4. The minimum Gasteiger partial charge on any atom is -0.289 e. The van der Waals surface area contributed by atoms with Crippen LogP contribution in [0.25, 0.3) is 0 Å². The predicted octanol–water partition coefficient (Wildman–Crippen LogP) is 4.12. The molecule has 0 saturated heterocycles. The molecule has 98 valence electrons. The van der Waals surface area contributed by atoms with Crippen LogP contribution in [0.3, 0.4) is 0 Å². The normalized spacial score (nSPS) is 11.5. The van der Waals surface area contributed by atoms with E-state index in [1.165, 1.54) is 0 Å². The quantitative estimate of drug-likeness (QED) is 0.604. The van der Waals surface area contributed by atoms with E-state index in [1.807, 2.05) is 13.8 Å². The standard InChI is InChI=1S/C14H8O2.C2H6.CH4/c15-13-9-5-1-2-6-10(9)14(16)12-8-4-3-7-11(12)13;1-2;/h1-8H;1-2H3;1H4. The van der Waals surface area contributed by atoms with Crippen molar-refractivity contribution in [2.45, 2.75) is 21.3 Å². The summed E-state index contributed by atoms with van der Waals surface area (Å²) in [4.78, 5) is 24.2. The number of benzene rings is 2. The van der Waals surface area contributed by atoms with Gasteiger partial charge in [-0.15, -0.1) is 0 Å². The highest BCUT2D eigenvalue weighted by molar-refractivity contribution is 6.28. The van der Waals surface area contributed by atoms with Gasteiger partial charge in [0.1, 0.15) is 0 Å². The van der Waals surface area contributed by atoms with E-state index in [9.17, 15) is 9.59 Å². The van der Waals surface area contributed by atoms with Crippen LogP contribution in [0.2, 0.25) is 0 Å². The first-order valence-corrected chi connectivity index (χ1v) is 6.06. The molecule has 0 heterocycles. The molecule has 0 bridgehead atoms. The molecule has 1 aliphatic carbocycles. The lowest BCUT2D eigenvalue weighted by molar-refractivity contribution is 0.0979. The molecule has 0 amide bonds. The summed E-state index contributed by atoms with van der Waals surface area (Å²) in [6.45, 7) is 4.00. The lowest BCUT2D eigenvalue weighted by Crippen LogP contribution is -2.20. The van der Waals surface area contributed by atoms with Crippen LogP contribution in [0.4, 0.5) is 0 Å². The summed E-state index contributed by atoms with van der Waals surface area (Å²) in [5, 5.41) is 0. The van der Waals surface area contributed by atoms with Crippen LogP contribution in [0, 0.1) is 0 Å². The van der Waals surface area contributed by atoms with E-state index in [0.29, 0.717) is 22.3 Å². The topological polar surface area (TPSA) is 34.1 Å². The zero-order valence-electron chi connectivity index (χ0n) is 10.4. The second kappa shape index (κ2) is 6.10. The SMILES string of the molecule is C.CC.O=C1c2ccccc2C(=O)c2ccccc21. The average Bonchev–Trinajstić information content (AvgIpc) is 2.47. The monoisotopic (exact) mass is 254 g/mol. The van der Waals surface area contributed by atoms with E-state index < -0.39 is 0 Å². The molecular formula is C17H18O2. The molecule has 0 aromatic heterocycles. The van der Waals surface area contributed by atoms with Crippen molar-refractivity contribution in [3.8, 4) is 0 Å². The van der Waals surface area contributed by atoms with Gasteiger partial charge in [0.15, 0.2) is 11.6 Å². The van der Waals surface area contributed by atoms with Gasteiger partial charge in [0, 0.05) is 22.3 Å². The average molecular weight is 254 g/mol. The second-order valence-electron chi connectivity index (χ2n) is 3.75. The minimum absolute atomic E-state index is 0. The van der Waals surface area contributed by atoms with Gasteiger partial charge in [0.25, 0.3) is 0 Å². The lowest BCUT2D eigenvalue weighted by atomic mass is 9.84. The van der Waals surface area contributed by atoms with Crippen LogP contribution < -0.4 is 0 Å². The fourth-order valence-electron chi connectivity index (χ4n) is 2.05. The summed E-state index contributed by atoms with van der Waals surface area (Å²) >= 11 is 0. The first-order chi connectivity index (χ1) is 8.79. The second-order valence-corrected chi connectivity index (χ2v) is 3.75. The highest BCUT2D eigenvalue weighted by Crippen LogP contribution is 2.26. The minimum atomic E-state index is -0.0641. The summed E-state index contributed by atoms with van der Waals surface area (Å²) in [6.07, 6.45) is 0. The Morgan fingerprint density at radius 3 is 1.00 bits per heavy atom. The van der Waals surface area contributed by atoms with Gasteiger partial charge in [0.05, 0.1) is 0 Å². The number of fused-ring (bicyclic) bond motifs is 2. The van der Waals surface area contributed by atoms with Crippen molar-refractivity contribution in [1.82, 2.24) is 0 Å². The van der Waals surface area contributed by atoms with Gasteiger partial charge in [0.2, 0.25) is 0 Å². The zero-order chi connectivity index (χ0) is 13.1. The van der Waals surface area contributed by atoms with Gasteiger partial charge in [-0.2, -0.15) is 0 Å². The molecular weight excluding hydrogens is 236 g/mol. The maximum atomic E-state index is 12.1. The van der Waals surface area contributed by atoms with Crippen molar-refractivity contribution in [2.75, 3.05) is 0 Å². The highest BCUT2D eigenvalue weighted by Gasteiger charge is 2.28. The van der Waals surface area contributed by atoms with E-state index in [2.05, 4.69) is 0 Å². The number of rotatable bonds is 0. The van der Waals surface area contributed by atoms with Crippen LogP contribution in [0.5, 0.6) is 0 Å². The Labute approximate surface area is 114 Å². The van der Waals surface area contributed by atoms with Crippen molar-refractivity contribution >= 4 is 11.6 Å². The van der Waals surface area contributed by atoms with E-state index >= 15 is 0 Å². The fourth-order valence-corrected chi connectivity index (χ4v) is 2.05. The highest BCUT2D eigenvalue weighted by atomic mass is 16.1. The molecule has 19 heavy (non-hydrogen) atoms. The fraction of sp³-hybridized carbons (Fsp3) is 0.176. The summed E-state index contributed by atoms with van der Waals surface area (Å²) in [6, 6.07) is 13.9. The van der Waals surface area contributed by atoms with Crippen molar-refractivity contribution in [1.29, 1.82) is 0 Å². The Hall–Kier alpha value is -2.22. The number of carbonyl (C=O) groups is 2. The van der Waals surface area contributed by atoms with Gasteiger partial charge in [-0.05, 0) is 0 Å². The van der Waals surface area contributed by atoms with Gasteiger partial charge in [-0.25, -0.2) is 0 Å². The summed E-state index contributed by atoms with van der Waals surface area (Å²) in [7, 11) is 0. The maximum Gasteiger partial charge on any atom is 0.194 e. The van der Waals surface area contributed by atoms with Crippen molar-refractivity contribution < 1.29 is 9.59 Å². The third-order valence-electron chi connectivity index (χ3n) is 2.83. The molecule has 2 heteroatoms. The Bertz CT molecular complexity index is 507. The first-order valence-electron chi connectivity index (χ1n) is 6.06. The Balaban J connectivity index is 0.000000576. The van der Waals surface area contributed by atoms with Crippen LogP contribution in [-0.2, 0) is 0 Å². The summed E-state index contributed by atoms with van der Waals surface area (Å²) in [5.41, 5.74) is 2.02. The molecule has 2 aromatic carbocycles. The largest absolute Gasteiger partial charge is 0.289 e. The Morgan fingerprint density at radius 1 is 0.579 bits per heavy atom. The molecule has 0 atom stereocenters. The Morgan fingerprint density at radius 2 is 0.789 bits per heavy atom. The number of carbonyl (C=O) groups excluding carboxylic acids is 2. The number of hydrogen-bond donors (Lipinski definition) is 0. The smallest absolute Gasteiger partial charge is 0.194 e. The molecule has 0 aliphatic heterocycles. The van der Waals surface area contributed by atoms with Crippen LogP contribution >= 0.6 is 0 Å². The van der Waals surface area contributed by atoms with Crippen LogP contribution in [0.15, 0.2) is 48.5 Å².